The molecule has 0 aliphatic heterocycles. The fraction of sp³-hybridized carbons (Fsp3) is 0.111. The predicted molar refractivity (Wildman–Crippen MR) is 45.0 cm³/mol. The van der Waals surface area contributed by atoms with E-state index < -0.39 is 0 Å². The molecule has 0 saturated heterocycles. The van der Waals surface area contributed by atoms with E-state index in [-0.39, 0.29) is 29.6 Å². The zero-order valence-corrected chi connectivity index (χ0v) is 9.09. The van der Waals surface area contributed by atoms with E-state index in [1.165, 1.54) is 0 Å². The quantitative estimate of drug-likeness (QED) is 0.392. The van der Waals surface area contributed by atoms with Gasteiger partial charge in [-0.3, -0.25) is 0 Å². The van der Waals surface area contributed by atoms with E-state index in [9.17, 15) is 0 Å². The number of hydrogen-bond donors (Lipinski definition) is 2. The zero-order chi connectivity index (χ0) is 7.68. The summed E-state index contributed by atoms with van der Waals surface area (Å²) in [6.45, 7) is 0.592. The molecule has 0 amide bonds. The minimum absolute atomic E-state index is 0. The summed E-state index contributed by atoms with van der Waals surface area (Å²) in [6, 6.07) is 9.16. The fourth-order valence-corrected chi connectivity index (χ4v) is 1.16. The molecule has 2 aromatic rings. The van der Waals surface area contributed by atoms with Gasteiger partial charge in [0.2, 0.25) is 0 Å². The van der Waals surface area contributed by atoms with Crippen molar-refractivity contribution in [2.45, 2.75) is 6.54 Å². The second kappa shape index (κ2) is 4.10. The molecule has 1 aromatic carbocycles. The molecule has 2 rings (SSSR count). The first-order chi connectivity index (χ1) is 5.40. The van der Waals surface area contributed by atoms with Crippen LogP contribution in [0.5, 0.6) is 0 Å². The molecule has 0 bridgehead atoms. The Balaban J connectivity index is 0.000000720. The average Bonchev–Trinajstić information content (AvgIpc) is 2.50. The van der Waals surface area contributed by atoms with Crippen molar-refractivity contribution < 1.29 is 29.6 Å². The summed E-state index contributed by atoms with van der Waals surface area (Å²) in [5.74, 6) is 0. The van der Waals surface area contributed by atoms with Crippen LogP contribution in [0.3, 0.4) is 0 Å². The molecular weight excluding hydrogens is 159 g/mol. The Bertz CT molecular complexity index is 367. The van der Waals surface area contributed by atoms with Crippen LogP contribution in [0.25, 0.3) is 10.9 Å². The van der Waals surface area contributed by atoms with Gasteiger partial charge in [-0.15, -0.1) is 6.07 Å². The van der Waals surface area contributed by atoms with Crippen molar-refractivity contribution in [3.05, 3.63) is 36.0 Å². The summed E-state index contributed by atoms with van der Waals surface area (Å²) in [4.78, 5) is 3.08. The topological polar surface area (TPSA) is 41.8 Å². The first-order valence-electron chi connectivity index (χ1n) is 3.58. The first kappa shape index (κ1) is 9.81. The molecule has 0 radical (unpaired) electrons. The van der Waals surface area contributed by atoms with Gasteiger partial charge in [0, 0.05) is 6.54 Å². The maximum absolute atomic E-state index is 5.49. The van der Waals surface area contributed by atoms with Gasteiger partial charge in [-0.05, 0) is 0 Å². The van der Waals surface area contributed by atoms with Crippen molar-refractivity contribution in [2.24, 2.45) is 5.73 Å². The number of aromatic nitrogens is 1. The molecule has 0 saturated carbocycles. The largest absolute Gasteiger partial charge is 1.00 e. The molecule has 12 heavy (non-hydrogen) atoms. The standard InChI is InChI=1S/C9H9N2.Na/c10-6-7-1-2-8-3-4-11-9(8)5-7;/h1-2,4-5,11H,6,10H2;/q-1;+1. The third kappa shape index (κ3) is 1.72. The Morgan fingerprint density at radius 2 is 2.25 bits per heavy atom. The minimum atomic E-state index is 0. The number of fused-ring (bicyclic) bond motifs is 1. The molecule has 3 heteroatoms. The Kier molecular flexibility index (Phi) is 3.35. The van der Waals surface area contributed by atoms with Gasteiger partial charge in [0.15, 0.2) is 0 Å². The van der Waals surface area contributed by atoms with Crippen LogP contribution in [0.2, 0.25) is 0 Å². The summed E-state index contributed by atoms with van der Waals surface area (Å²) in [5, 5.41) is 1.11. The number of hydrogen-bond acceptors (Lipinski definition) is 1. The molecule has 0 aliphatic rings. The molecule has 0 atom stereocenters. The van der Waals surface area contributed by atoms with Gasteiger partial charge in [0.25, 0.3) is 0 Å². The molecule has 0 aliphatic carbocycles. The summed E-state index contributed by atoms with van der Waals surface area (Å²) in [6.07, 6.45) is 1.81. The van der Waals surface area contributed by atoms with Crippen molar-refractivity contribution >= 4 is 10.9 Å². The van der Waals surface area contributed by atoms with Crippen LogP contribution in [-0.2, 0) is 6.54 Å². The van der Waals surface area contributed by atoms with Gasteiger partial charge in [0.05, 0.1) is 0 Å². The van der Waals surface area contributed by atoms with E-state index in [2.05, 4.69) is 11.1 Å². The molecule has 2 nitrogen and oxygen atoms in total. The number of nitrogens with two attached hydrogens (primary N) is 1. The van der Waals surface area contributed by atoms with Gasteiger partial charge in [0.1, 0.15) is 0 Å². The molecule has 0 fully saturated rings. The summed E-state index contributed by atoms with van der Waals surface area (Å²) < 4.78 is 0. The van der Waals surface area contributed by atoms with Crippen molar-refractivity contribution in [3.63, 3.8) is 0 Å². The number of aromatic amines is 1. The van der Waals surface area contributed by atoms with Crippen LogP contribution in [0.4, 0.5) is 0 Å². The van der Waals surface area contributed by atoms with Crippen molar-refractivity contribution in [1.29, 1.82) is 0 Å². The van der Waals surface area contributed by atoms with Crippen LogP contribution in [0, 0.1) is 6.07 Å². The van der Waals surface area contributed by atoms with E-state index in [0.717, 1.165) is 16.5 Å². The second-order valence-corrected chi connectivity index (χ2v) is 2.52. The Morgan fingerprint density at radius 1 is 1.42 bits per heavy atom. The zero-order valence-electron chi connectivity index (χ0n) is 7.09. The molecule has 0 spiro atoms. The predicted octanol–water partition coefficient (Wildman–Crippen LogP) is -1.57. The van der Waals surface area contributed by atoms with Crippen LogP contribution < -0.4 is 35.3 Å². The molecule has 1 aromatic heterocycles. The Morgan fingerprint density at radius 3 is 3.00 bits per heavy atom. The van der Waals surface area contributed by atoms with Crippen molar-refractivity contribution in [1.82, 2.24) is 4.98 Å². The Hall–Kier alpha value is -0.280. The normalized spacial score (nSPS) is 9.75. The number of benzene rings is 1. The van der Waals surface area contributed by atoms with Crippen LogP contribution in [-0.4, -0.2) is 4.98 Å². The number of rotatable bonds is 1. The van der Waals surface area contributed by atoms with E-state index >= 15 is 0 Å². The van der Waals surface area contributed by atoms with E-state index in [4.69, 9.17) is 5.73 Å². The van der Waals surface area contributed by atoms with Gasteiger partial charge in [-0.25, -0.2) is 0 Å². The molecule has 0 unspecified atom stereocenters. The SMILES string of the molecule is NCc1ccc2[c-]c[nH]c2c1.[Na+]. The summed E-state index contributed by atoms with van der Waals surface area (Å²) in [5.41, 5.74) is 7.74. The van der Waals surface area contributed by atoms with Crippen molar-refractivity contribution in [3.8, 4) is 0 Å². The smallest absolute Gasteiger partial charge is 0.424 e. The fourth-order valence-electron chi connectivity index (χ4n) is 1.16. The van der Waals surface area contributed by atoms with E-state index in [0.29, 0.717) is 6.54 Å². The van der Waals surface area contributed by atoms with Gasteiger partial charge in [-0.2, -0.15) is 17.5 Å². The molecular formula is C9H9N2Na. The second-order valence-electron chi connectivity index (χ2n) is 2.52. The van der Waals surface area contributed by atoms with E-state index in [1.54, 1.807) is 0 Å². The van der Waals surface area contributed by atoms with Crippen molar-refractivity contribution in [2.75, 3.05) is 0 Å². The van der Waals surface area contributed by atoms with Gasteiger partial charge >= 0.3 is 29.6 Å². The third-order valence-electron chi connectivity index (χ3n) is 1.78. The number of nitrogens with one attached hydrogen (secondary N) is 1. The molecule has 1 heterocycles. The van der Waals surface area contributed by atoms with E-state index in [1.807, 2.05) is 24.4 Å². The van der Waals surface area contributed by atoms with Crippen LogP contribution in [0.1, 0.15) is 5.56 Å². The summed E-state index contributed by atoms with van der Waals surface area (Å²) >= 11 is 0. The monoisotopic (exact) mass is 168 g/mol. The first-order valence-corrected chi connectivity index (χ1v) is 3.58. The molecule has 56 valence electrons. The van der Waals surface area contributed by atoms with Crippen LogP contribution in [0.15, 0.2) is 24.4 Å². The Labute approximate surface area is 93.4 Å². The number of H-pyrrole nitrogens is 1. The van der Waals surface area contributed by atoms with Crippen LogP contribution >= 0.6 is 0 Å². The van der Waals surface area contributed by atoms with Gasteiger partial charge in [-0.1, -0.05) is 23.3 Å². The maximum atomic E-state index is 5.49. The maximum Gasteiger partial charge on any atom is 1.00 e. The minimum Gasteiger partial charge on any atom is -0.424 e. The van der Waals surface area contributed by atoms with Gasteiger partial charge < -0.3 is 10.7 Å². The summed E-state index contributed by atoms with van der Waals surface area (Å²) in [7, 11) is 0. The third-order valence-corrected chi connectivity index (χ3v) is 1.78. The molecule has 3 N–H and O–H groups in total. The average molecular weight is 168 g/mol.